The lowest BCUT2D eigenvalue weighted by Gasteiger charge is -1.99. The van der Waals surface area contributed by atoms with Gasteiger partial charge in [-0.1, -0.05) is 24.3 Å². The Bertz CT molecular complexity index is 497. The zero-order chi connectivity index (χ0) is 11.2. The molecule has 0 radical (unpaired) electrons. The maximum absolute atomic E-state index is 4.43. The predicted molar refractivity (Wildman–Crippen MR) is 63.0 cm³/mol. The summed E-state index contributed by atoms with van der Waals surface area (Å²) in [7, 11) is 0. The highest BCUT2D eigenvalue weighted by molar-refractivity contribution is 5.48. The minimum absolute atomic E-state index is 0.764. The van der Waals surface area contributed by atoms with E-state index in [0.29, 0.717) is 0 Å². The Morgan fingerprint density at radius 3 is 2.94 bits per heavy atom. The molecule has 0 unspecified atom stereocenters. The second kappa shape index (κ2) is 5.02. The molecule has 0 aromatic carbocycles. The minimum Gasteiger partial charge on any atom is -0.229 e. The van der Waals surface area contributed by atoms with E-state index in [2.05, 4.69) is 15.1 Å². The SMILES string of the molecule is C/C=C/C=C/c1cccc(-n2cncn2)n1. The van der Waals surface area contributed by atoms with Crippen LogP contribution in [0.15, 0.2) is 49.1 Å². The highest BCUT2D eigenvalue weighted by Gasteiger charge is 1.97. The zero-order valence-corrected chi connectivity index (χ0v) is 8.99. The summed E-state index contributed by atoms with van der Waals surface area (Å²) >= 11 is 0. The van der Waals surface area contributed by atoms with E-state index in [0.717, 1.165) is 11.5 Å². The number of hydrogen-bond acceptors (Lipinski definition) is 3. The van der Waals surface area contributed by atoms with Gasteiger partial charge in [-0.3, -0.25) is 0 Å². The van der Waals surface area contributed by atoms with Crippen molar-refractivity contribution in [3.63, 3.8) is 0 Å². The Balaban J connectivity index is 2.27. The third-order valence-electron chi connectivity index (χ3n) is 1.98. The monoisotopic (exact) mass is 212 g/mol. The lowest BCUT2D eigenvalue weighted by atomic mass is 10.3. The van der Waals surface area contributed by atoms with E-state index in [1.807, 2.05) is 49.4 Å². The van der Waals surface area contributed by atoms with Crippen LogP contribution in [0.25, 0.3) is 11.9 Å². The molecule has 4 nitrogen and oxygen atoms in total. The molecule has 0 aliphatic rings. The van der Waals surface area contributed by atoms with Crippen LogP contribution in [-0.2, 0) is 0 Å². The van der Waals surface area contributed by atoms with E-state index < -0.39 is 0 Å². The normalized spacial score (nSPS) is 11.6. The highest BCUT2D eigenvalue weighted by atomic mass is 15.3. The lowest BCUT2D eigenvalue weighted by Crippen LogP contribution is -1.98. The largest absolute Gasteiger partial charge is 0.229 e. The Labute approximate surface area is 94.0 Å². The van der Waals surface area contributed by atoms with Crippen molar-refractivity contribution >= 4 is 6.08 Å². The molecule has 2 rings (SSSR count). The van der Waals surface area contributed by atoms with Gasteiger partial charge in [0.25, 0.3) is 0 Å². The molecule has 2 heterocycles. The fraction of sp³-hybridized carbons (Fsp3) is 0.0833. The molecule has 16 heavy (non-hydrogen) atoms. The third-order valence-corrected chi connectivity index (χ3v) is 1.98. The van der Waals surface area contributed by atoms with Gasteiger partial charge in [-0.25, -0.2) is 14.6 Å². The Morgan fingerprint density at radius 2 is 2.19 bits per heavy atom. The molecule has 0 spiro atoms. The highest BCUT2D eigenvalue weighted by Crippen LogP contribution is 2.05. The standard InChI is InChI=1S/C12H12N4/c1-2-3-4-6-11-7-5-8-12(15-11)16-10-13-9-14-16/h2-10H,1H3/b3-2+,6-4+. The molecule has 0 N–H and O–H groups in total. The smallest absolute Gasteiger partial charge is 0.155 e. The zero-order valence-electron chi connectivity index (χ0n) is 8.99. The fourth-order valence-corrected chi connectivity index (χ4v) is 1.25. The van der Waals surface area contributed by atoms with Gasteiger partial charge >= 0.3 is 0 Å². The van der Waals surface area contributed by atoms with Crippen LogP contribution in [0.5, 0.6) is 0 Å². The maximum atomic E-state index is 4.43. The number of rotatable bonds is 3. The molecule has 0 aliphatic heterocycles. The molecular weight excluding hydrogens is 200 g/mol. The van der Waals surface area contributed by atoms with E-state index in [-0.39, 0.29) is 0 Å². The summed E-state index contributed by atoms with van der Waals surface area (Å²) in [5.74, 6) is 0.764. The molecule has 0 atom stereocenters. The van der Waals surface area contributed by atoms with Crippen LogP contribution in [0.2, 0.25) is 0 Å². The van der Waals surface area contributed by atoms with Gasteiger partial charge in [-0.15, -0.1) is 0 Å². The van der Waals surface area contributed by atoms with Crippen LogP contribution in [0.3, 0.4) is 0 Å². The molecular formula is C12H12N4. The molecule has 0 bridgehead atoms. The summed E-state index contributed by atoms with van der Waals surface area (Å²) < 4.78 is 1.63. The molecule has 80 valence electrons. The molecule has 0 fully saturated rings. The molecule has 4 heteroatoms. The van der Waals surface area contributed by atoms with Crippen LogP contribution in [0.1, 0.15) is 12.6 Å². The predicted octanol–water partition coefficient (Wildman–Crippen LogP) is 2.25. The van der Waals surface area contributed by atoms with Crippen LogP contribution in [-0.4, -0.2) is 19.7 Å². The first kappa shape index (κ1) is 10.3. The van der Waals surface area contributed by atoms with Gasteiger partial charge in [0.2, 0.25) is 0 Å². The molecule has 2 aromatic heterocycles. The molecule has 0 aliphatic carbocycles. The first-order valence-electron chi connectivity index (χ1n) is 5.01. The molecule has 0 saturated heterocycles. The summed E-state index contributed by atoms with van der Waals surface area (Å²) in [5, 5.41) is 4.03. The summed E-state index contributed by atoms with van der Waals surface area (Å²) in [6.07, 6.45) is 10.9. The van der Waals surface area contributed by atoms with Crippen molar-refractivity contribution in [2.45, 2.75) is 6.92 Å². The van der Waals surface area contributed by atoms with Crippen molar-refractivity contribution < 1.29 is 0 Å². The fourth-order valence-electron chi connectivity index (χ4n) is 1.25. The average molecular weight is 212 g/mol. The van der Waals surface area contributed by atoms with Crippen molar-refractivity contribution in [2.24, 2.45) is 0 Å². The summed E-state index contributed by atoms with van der Waals surface area (Å²) in [5.41, 5.74) is 0.895. The Morgan fingerprint density at radius 1 is 1.25 bits per heavy atom. The number of allylic oxidation sites excluding steroid dienone is 3. The summed E-state index contributed by atoms with van der Waals surface area (Å²) in [6, 6.07) is 5.78. The van der Waals surface area contributed by atoms with Gasteiger partial charge < -0.3 is 0 Å². The van der Waals surface area contributed by atoms with Crippen LogP contribution in [0.4, 0.5) is 0 Å². The van der Waals surface area contributed by atoms with Gasteiger partial charge in [0.15, 0.2) is 5.82 Å². The second-order valence-electron chi connectivity index (χ2n) is 3.15. The quantitative estimate of drug-likeness (QED) is 0.733. The van der Waals surface area contributed by atoms with Crippen LogP contribution >= 0.6 is 0 Å². The van der Waals surface area contributed by atoms with Gasteiger partial charge in [-0.2, -0.15) is 5.10 Å². The van der Waals surface area contributed by atoms with Gasteiger partial charge in [0.05, 0.1) is 5.69 Å². The van der Waals surface area contributed by atoms with E-state index >= 15 is 0 Å². The third kappa shape index (κ3) is 2.42. The first-order chi connectivity index (χ1) is 7.90. The van der Waals surface area contributed by atoms with E-state index in [1.165, 1.54) is 6.33 Å². The number of pyridine rings is 1. The number of hydrogen-bond donors (Lipinski definition) is 0. The molecule has 0 amide bonds. The second-order valence-corrected chi connectivity index (χ2v) is 3.15. The van der Waals surface area contributed by atoms with Crippen molar-refractivity contribution in [3.05, 3.63) is 54.8 Å². The van der Waals surface area contributed by atoms with E-state index in [1.54, 1.807) is 11.0 Å². The van der Waals surface area contributed by atoms with Crippen molar-refractivity contribution in [2.75, 3.05) is 0 Å². The van der Waals surface area contributed by atoms with Crippen LogP contribution in [0, 0.1) is 0 Å². The summed E-state index contributed by atoms with van der Waals surface area (Å²) in [4.78, 5) is 8.31. The minimum atomic E-state index is 0.764. The number of aromatic nitrogens is 4. The molecule has 2 aromatic rings. The molecule has 0 saturated carbocycles. The van der Waals surface area contributed by atoms with Crippen molar-refractivity contribution in [1.82, 2.24) is 19.7 Å². The Kier molecular flexibility index (Phi) is 3.23. The maximum Gasteiger partial charge on any atom is 0.155 e. The van der Waals surface area contributed by atoms with Crippen LogP contribution < -0.4 is 0 Å². The van der Waals surface area contributed by atoms with Gasteiger partial charge in [-0.05, 0) is 25.1 Å². The van der Waals surface area contributed by atoms with Gasteiger partial charge in [0, 0.05) is 0 Å². The van der Waals surface area contributed by atoms with Crippen molar-refractivity contribution in [3.8, 4) is 5.82 Å². The van der Waals surface area contributed by atoms with Gasteiger partial charge in [0.1, 0.15) is 12.7 Å². The van der Waals surface area contributed by atoms with E-state index in [4.69, 9.17) is 0 Å². The topological polar surface area (TPSA) is 43.6 Å². The first-order valence-corrected chi connectivity index (χ1v) is 5.01. The summed E-state index contributed by atoms with van der Waals surface area (Å²) in [6.45, 7) is 1.98. The average Bonchev–Trinajstić information content (AvgIpc) is 2.83. The van der Waals surface area contributed by atoms with Crippen molar-refractivity contribution in [1.29, 1.82) is 0 Å². The Hall–Kier alpha value is -2.23. The lowest BCUT2D eigenvalue weighted by molar-refractivity contribution is 0.844. The number of nitrogens with zero attached hydrogens (tertiary/aromatic N) is 4. The van der Waals surface area contributed by atoms with E-state index in [9.17, 15) is 0 Å².